The summed E-state index contributed by atoms with van der Waals surface area (Å²) in [5.74, 6) is -0.663. The van der Waals surface area contributed by atoms with Gasteiger partial charge in [0, 0.05) is 0 Å². The van der Waals surface area contributed by atoms with Gasteiger partial charge in [-0.3, -0.25) is 9.59 Å². The summed E-state index contributed by atoms with van der Waals surface area (Å²) in [6, 6.07) is 9.72. The van der Waals surface area contributed by atoms with E-state index in [4.69, 9.17) is 9.47 Å². The number of rotatable bonds is 3. The monoisotopic (exact) mass is 330 g/mol. The average Bonchev–Trinajstić information content (AvgIpc) is 3.19. The molecular weight excluding hydrogens is 304 g/mol. The zero-order chi connectivity index (χ0) is 17.6. The van der Waals surface area contributed by atoms with E-state index in [1.807, 2.05) is 51.1 Å². The second-order valence-corrected chi connectivity index (χ2v) is 8.27. The van der Waals surface area contributed by atoms with Crippen molar-refractivity contribution in [3.63, 3.8) is 0 Å². The van der Waals surface area contributed by atoms with Crippen molar-refractivity contribution in [2.75, 3.05) is 7.11 Å². The first-order valence-electron chi connectivity index (χ1n) is 8.59. The summed E-state index contributed by atoms with van der Waals surface area (Å²) in [6.45, 7) is 5.64. The van der Waals surface area contributed by atoms with Crippen molar-refractivity contribution < 1.29 is 19.1 Å². The lowest BCUT2D eigenvalue weighted by Gasteiger charge is -2.27. The number of benzene rings is 1. The molecule has 4 heteroatoms. The van der Waals surface area contributed by atoms with Crippen LogP contribution in [0.1, 0.15) is 52.0 Å². The van der Waals surface area contributed by atoms with E-state index in [0.29, 0.717) is 12.8 Å². The Bertz CT molecular complexity index is 639. The molecule has 0 aromatic heterocycles. The molecule has 0 heterocycles. The van der Waals surface area contributed by atoms with E-state index < -0.39 is 11.0 Å². The lowest BCUT2D eigenvalue weighted by atomic mass is 9.77. The van der Waals surface area contributed by atoms with E-state index in [1.165, 1.54) is 7.11 Å². The molecule has 2 aliphatic carbocycles. The van der Waals surface area contributed by atoms with Crippen molar-refractivity contribution in [2.24, 2.45) is 11.3 Å². The van der Waals surface area contributed by atoms with Gasteiger partial charge in [0.2, 0.25) is 0 Å². The Labute approximate surface area is 143 Å². The second-order valence-electron chi connectivity index (χ2n) is 8.27. The lowest BCUT2D eigenvalue weighted by molar-refractivity contribution is -0.162. The van der Waals surface area contributed by atoms with Crippen LogP contribution >= 0.6 is 0 Å². The molecule has 0 amide bonds. The van der Waals surface area contributed by atoms with Gasteiger partial charge in [-0.05, 0) is 57.4 Å². The minimum Gasteiger partial charge on any atom is -0.468 e. The minimum atomic E-state index is -0.742. The van der Waals surface area contributed by atoms with Crippen LogP contribution in [0.2, 0.25) is 0 Å². The highest BCUT2D eigenvalue weighted by molar-refractivity contribution is 5.87. The molecule has 130 valence electrons. The highest BCUT2D eigenvalue weighted by atomic mass is 16.6. The molecule has 1 spiro atoms. The molecule has 0 aliphatic heterocycles. The first-order valence-corrected chi connectivity index (χ1v) is 8.59. The number of hydrogen-bond donors (Lipinski definition) is 0. The molecule has 2 aliphatic rings. The van der Waals surface area contributed by atoms with E-state index >= 15 is 0 Å². The van der Waals surface area contributed by atoms with Crippen LogP contribution in [0.25, 0.3) is 0 Å². The maximum Gasteiger partial charge on any atom is 0.316 e. The summed E-state index contributed by atoms with van der Waals surface area (Å²) in [5, 5.41) is 0. The number of ether oxygens (including phenoxy) is 2. The molecule has 24 heavy (non-hydrogen) atoms. The van der Waals surface area contributed by atoms with Gasteiger partial charge in [0.25, 0.3) is 0 Å². The SMILES string of the molecule is COC(=O)[C@@]1(c2ccccc2)C[C@H](C(=O)OC(C)(C)C)C2(CC2)C1. The van der Waals surface area contributed by atoms with Gasteiger partial charge < -0.3 is 9.47 Å². The summed E-state index contributed by atoms with van der Waals surface area (Å²) in [5.41, 5.74) is -0.425. The van der Waals surface area contributed by atoms with E-state index in [1.54, 1.807) is 0 Å². The normalized spacial score (nSPS) is 27.8. The van der Waals surface area contributed by atoms with Gasteiger partial charge in [-0.25, -0.2) is 0 Å². The summed E-state index contributed by atoms with van der Waals surface area (Å²) in [4.78, 5) is 25.5. The second kappa shape index (κ2) is 5.61. The molecule has 0 N–H and O–H groups in total. The van der Waals surface area contributed by atoms with E-state index in [-0.39, 0.29) is 23.3 Å². The predicted molar refractivity (Wildman–Crippen MR) is 90.4 cm³/mol. The largest absolute Gasteiger partial charge is 0.468 e. The Morgan fingerprint density at radius 3 is 2.25 bits per heavy atom. The molecule has 0 radical (unpaired) electrons. The van der Waals surface area contributed by atoms with Gasteiger partial charge in [0.1, 0.15) is 5.60 Å². The first-order chi connectivity index (χ1) is 11.2. The summed E-state index contributed by atoms with van der Waals surface area (Å²) in [6.07, 6.45) is 3.09. The van der Waals surface area contributed by atoms with Crippen LogP contribution in [-0.2, 0) is 24.5 Å². The van der Waals surface area contributed by atoms with E-state index in [0.717, 1.165) is 18.4 Å². The van der Waals surface area contributed by atoms with Crippen LogP contribution in [-0.4, -0.2) is 24.6 Å². The maximum atomic E-state index is 12.8. The molecule has 4 nitrogen and oxygen atoms in total. The van der Waals surface area contributed by atoms with Crippen molar-refractivity contribution in [3.8, 4) is 0 Å². The molecule has 2 fully saturated rings. The zero-order valence-electron chi connectivity index (χ0n) is 14.9. The molecule has 0 bridgehead atoms. The number of hydrogen-bond acceptors (Lipinski definition) is 4. The van der Waals surface area contributed by atoms with Crippen LogP contribution in [0.15, 0.2) is 30.3 Å². The van der Waals surface area contributed by atoms with Gasteiger partial charge in [-0.2, -0.15) is 0 Å². The standard InChI is InChI=1S/C20H26O4/c1-18(2,3)24-16(21)15-12-20(17(22)23-4,13-19(15)10-11-19)14-8-6-5-7-9-14/h5-9,15H,10-13H2,1-4H3/t15-,20+/m1/s1. The number of carbonyl (C=O) groups is 2. The fourth-order valence-electron chi connectivity index (χ4n) is 4.20. The minimum absolute atomic E-state index is 0.105. The summed E-state index contributed by atoms with van der Waals surface area (Å²) >= 11 is 0. The maximum absolute atomic E-state index is 12.8. The van der Waals surface area contributed by atoms with Crippen molar-refractivity contribution in [1.82, 2.24) is 0 Å². The van der Waals surface area contributed by atoms with Crippen molar-refractivity contribution in [1.29, 1.82) is 0 Å². The predicted octanol–water partition coefficient (Wildman–Crippen LogP) is 3.63. The smallest absolute Gasteiger partial charge is 0.316 e. The fraction of sp³-hybridized carbons (Fsp3) is 0.600. The van der Waals surface area contributed by atoms with Crippen molar-refractivity contribution in [3.05, 3.63) is 35.9 Å². The van der Waals surface area contributed by atoms with Gasteiger partial charge in [-0.1, -0.05) is 30.3 Å². The third kappa shape index (κ3) is 2.83. The van der Waals surface area contributed by atoms with E-state index in [2.05, 4.69) is 0 Å². The number of carbonyl (C=O) groups excluding carboxylic acids is 2. The Kier molecular flexibility index (Phi) is 3.97. The molecule has 2 saturated carbocycles. The van der Waals surface area contributed by atoms with Crippen LogP contribution in [0.3, 0.4) is 0 Å². The summed E-state index contributed by atoms with van der Waals surface area (Å²) < 4.78 is 10.8. The Hall–Kier alpha value is -1.84. The third-order valence-corrected chi connectivity index (χ3v) is 5.43. The molecule has 0 unspecified atom stereocenters. The fourth-order valence-corrected chi connectivity index (χ4v) is 4.20. The van der Waals surface area contributed by atoms with Gasteiger partial charge in [0.05, 0.1) is 18.4 Å². The molecule has 0 saturated heterocycles. The van der Waals surface area contributed by atoms with Crippen LogP contribution in [0, 0.1) is 11.3 Å². The highest BCUT2D eigenvalue weighted by Crippen LogP contribution is 2.67. The van der Waals surface area contributed by atoms with Gasteiger partial charge in [-0.15, -0.1) is 0 Å². The number of methoxy groups -OCH3 is 1. The van der Waals surface area contributed by atoms with Crippen molar-refractivity contribution in [2.45, 2.75) is 57.5 Å². The topological polar surface area (TPSA) is 52.6 Å². The van der Waals surface area contributed by atoms with Crippen LogP contribution < -0.4 is 0 Å². The molecule has 3 rings (SSSR count). The van der Waals surface area contributed by atoms with E-state index in [9.17, 15) is 9.59 Å². The van der Waals surface area contributed by atoms with Gasteiger partial charge >= 0.3 is 11.9 Å². The molecule has 2 atom stereocenters. The quantitative estimate of drug-likeness (QED) is 0.794. The van der Waals surface area contributed by atoms with Crippen LogP contribution in [0.5, 0.6) is 0 Å². The lowest BCUT2D eigenvalue weighted by Crippen LogP contribution is -2.35. The average molecular weight is 330 g/mol. The number of esters is 2. The molecular formula is C20H26O4. The Morgan fingerprint density at radius 1 is 1.12 bits per heavy atom. The molecule has 1 aromatic carbocycles. The van der Waals surface area contributed by atoms with Crippen LogP contribution in [0.4, 0.5) is 0 Å². The first kappa shape index (κ1) is 17.0. The third-order valence-electron chi connectivity index (χ3n) is 5.43. The molecule has 1 aromatic rings. The zero-order valence-corrected chi connectivity index (χ0v) is 14.9. The summed E-state index contributed by atoms with van der Waals surface area (Å²) in [7, 11) is 1.42. The van der Waals surface area contributed by atoms with Gasteiger partial charge in [0.15, 0.2) is 0 Å². The van der Waals surface area contributed by atoms with Crippen molar-refractivity contribution >= 4 is 11.9 Å². The Morgan fingerprint density at radius 2 is 1.75 bits per heavy atom. The Balaban J connectivity index is 1.96. The highest BCUT2D eigenvalue weighted by Gasteiger charge is 2.66.